The number of nitrogens with two attached hydrogens (primary N) is 1. The zero-order chi connectivity index (χ0) is 9.90. The molecule has 1 aromatic carbocycles. The van der Waals surface area contributed by atoms with Crippen LogP contribution in [0.3, 0.4) is 0 Å². The van der Waals surface area contributed by atoms with Crippen LogP contribution in [0.4, 0.5) is 0 Å². The van der Waals surface area contributed by atoms with Crippen LogP contribution in [-0.2, 0) is 12.8 Å². The second-order valence-corrected chi connectivity index (χ2v) is 4.29. The zero-order valence-electron chi connectivity index (χ0n) is 8.80. The molecule has 1 aromatic rings. The first-order valence-electron chi connectivity index (χ1n) is 4.88. The molecule has 0 saturated heterocycles. The number of aryl methyl sites for hydroxylation is 1. The molecule has 0 aliphatic heterocycles. The van der Waals surface area contributed by atoms with Crippen molar-refractivity contribution in [1.29, 1.82) is 0 Å². The summed E-state index contributed by atoms with van der Waals surface area (Å²) in [6.45, 7) is 6.32. The van der Waals surface area contributed by atoms with Crippen molar-refractivity contribution in [2.24, 2.45) is 5.73 Å². The molecular formula is C12H19N. The maximum absolute atomic E-state index is 5.99. The van der Waals surface area contributed by atoms with Crippen molar-refractivity contribution in [3.05, 3.63) is 35.4 Å². The van der Waals surface area contributed by atoms with E-state index in [0.29, 0.717) is 0 Å². The normalized spacial score (nSPS) is 11.7. The molecule has 0 spiro atoms. The van der Waals surface area contributed by atoms with Crippen molar-refractivity contribution in [3.8, 4) is 0 Å². The van der Waals surface area contributed by atoms with Gasteiger partial charge in [-0.25, -0.2) is 0 Å². The van der Waals surface area contributed by atoms with Gasteiger partial charge in [0.1, 0.15) is 0 Å². The Kier molecular flexibility index (Phi) is 3.10. The van der Waals surface area contributed by atoms with Gasteiger partial charge in [-0.1, -0.05) is 31.2 Å². The Morgan fingerprint density at radius 3 is 2.15 bits per heavy atom. The van der Waals surface area contributed by atoms with Gasteiger partial charge in [-0.3, -0.25) is 0 Å². The van der Waals surface area contributed by atoms with Crippen LogP contribution in [0.15, 0.2) is 24.3 Å². The minimum Gasteiger partial charge on any atom is -0.325 e. The molecule has 0 aliphatic carbocycles. The number of rotatable bonds is 3. The highest BCUT2D eigenvalue weighted by Gasteiger charge is 2.12. The fourth-order valence-electron chi connectivity index (χ4n) is 1.57. The number of benzene rings is 1. The average Bonchev–Trinajstić information content (AvgIpc) is 2.02. The molecule has 13 heavy (non-hydrogen) atoms. The molecule has 1 rings (SSSR count). The Bertz CT molecular complexity index is 271. The summed E-state index contributed by atoms with van der Waals surface area (Å²) in [5, 5.41) is 0. The SMILES string of the molecule is CCc1ccccc1CC(C)(C)N. The summed E-state index contributed by atoms with van der Waals surface area (Å²) in [5.74, 6) is 0. The van der Waals surface area contributed by atoms with Gasteiger partial charge in [-0.2, -0.15) is 0 Å². The topological polar surface area (TPSA) is 26.0 Å². The molecule has 0 aliphatic rings. The highest BCUT2D eigenvalue weighted by atomic mass is 14.7. The van der Waals surface area contributed by atoms with E-state index in [1.807, 2.05) is 0 Å². The Labute approximate surface area is 81.0 Å². The first-order chi connectivity index (χ1) is 6.03. The fourth-order valence-corrected chi connectivity index (χ4v) is 1.57. The van der Waals surface area contributed by atoms with E-state index in [-0.39, 0.29) is 5.54 Å². The van der Waals surface area contributed by atoms with Crippen LogP contribution in [0.25, 0.3) is 0 Å². The van der Waals surface area contributed by atoms with Gasteiger partial charge in [0, 0.05) is 5.54 Å². The standard InChI is InChI=1S/C12H19N/c1-4-10-7-5-6-8-11(10)9-12(2,3)13/h5-8H,4,9,13H2,1-3H3. The van der Waals surface area contributed by atoms with Gasteiger partial charge >= 0.3 is 0 Å². The summed E-state index contributed by atoms with van der Waals surface area (Å²) in [6.07, 6.45) is 2.04. The molecule has 0 amide bonds. The summed E-state index contributed by atoms with van der Waals surface area (Å²) >= 11 is 0. The van der Waals surface area contributed by atoms with E-state index in [0.717, 1.165) is 12.8 Å². The van der Waals surface area contributed by atoms with Crippen LogP contribution in [0.5, 0.6) is 0 Å². The summed E-state index contributed by atoms with van der Waals surface area (Å²) in [7, 11) is 0. The Hall–Kier alpha value is -0.820. The average molecular weight is 177 g/mol. The Morgan fingerprint density at radius 2 is 1.69 bits per heavy atom. The van der Waals surface area contributed by atoms with Crippen molar-refractivity contribution in [2.75, 3.05) is 0 Å². The summed E-state index contributed by atoms with van der Waals surface area (Å²) in [6, 6.07) is 8.53. The second-order valence-electron chi connectivity index (χ2n) is 4.29. The molecular weight excluding hydrogens is 158 g/mol. The largest absolute Gasteiger partial charge is 0.325 e. The van der Waals surface area contributed by atoms with Crippen LogP contribution in [0.1, 0.15) is 31.9 Å². The monoisotopic (exact) mass is 177 g/mol. The molecule has 72 valence electrons. The predicted molar refractivity (Wildman–Crippen MR) is 57.8 cm³/mol. The molecule has 1 heteroatoms. The maximum Gasteiger partial charge on any atom is 0.0138 e. The molecule has 0 unspecified atom stereocenters. The molecule has 0 atom stereocenters. The van der Waals surface area contributed by atoms with Gasteiger partial charge in [-0.15, -0.1) is 0 Å². The van der Waals surface area contributed by atoms with Gasteiger partial charge in [-0.05, 0) is 37.8 Å². The second kappa shape index (κ2) is 3.93. The summed E-state index contributed by atoms with van der Waals surface area (Å²) in [4.78, 5) is 0. The minimum absolute atomic E-state index is 0.106. The number of hydrogen-bond acceptors (Lipinski definition) is 1. The first kappa shape index (κ1) is 10.3. The lowest BCUT2D eigenvalue weighted by Crippen LogP contribution is -2.34. The predicted octanol–water partition coefficient (Wildman–Crippen LogP) is 2.53. The van der Waals surface area contributed by atoms with E-state index in [4.69, 9.17) is 5.73 Å². The van der Waals surface area contributed by atoms with Crippen LogP contribution >= 0.6 is 0 Å². The van der Waals surface area contributed by atoms with Crippen LogP contribution in [0, 0.1) is 0 Å². The Balaban J connectivity index is 2.87. The van der Waals surface area contributed by atoms with Gasteiger partial charge in [0.15, 0.2) is 0 Å². The van der Waals surface area contributed by atoms with E-state index in [9.17, 15) is 0 Å². The highest BCUT2D eigenvalue weighted by Crippen LogP contribution is 2.15. The molecule has 0 bridgehead atoms. The van der Waals surface area contributed by atoms with E-state index >= 15 is 0 Å². The third kappa shape index (κ3) is 3.19. The van der Waals surface area contributed by atoms with E-state index in [2.05, 4.69) is 45.0 Å². The third-order valence-corrected chi connectivity index (χ3v) is 2.15. The smallest absolute Gasteiger partial charge is 0.0138 e. The molecule has 0 fully saturated rings. The third-order valence-electron chi connectivity index (χ3n) is 2.15. The molecule has 0 heterocycles. The van der Waals surface area contributed by atoms with Crippen molar-refractivity contribution in [2.45, 2.75) is 39.2 Å². The Morgan fingerprint density at radius 1 is 1.15 bits per heavy atom. The molecule has 0 saturated carbocycles. The van der Waals surface area contributed by atoms with Crippen LogP contribution < -0.4 is 5.73 Å². The van der Waals surface area contributed by atoms with E-state index in [1.54, 1.807) is 0 Å². The summed E-state index contributed by atoms with van der Waals surface area (Å²) in [5.41, 5.74) is 8.69. The van der Waals surface area contributed by atoms with Gasteiger partial charge in [0.05, 0.1) is 0 Å². The van der Waals surface area contributed by atoms with Gasteiger partial charge in [0.2, 0.25) is 0 Å². The van der Waals surface area contributed by atoms with Gasteiger partial charge < -0.3 is 5.73 Å². The molecule has 2 N–H and O–H groups in total. The maximum atomic E-state index is 5.99. The quantitative estimate of drug-likeness (QED) is 0.754. The highest BCUT2D eigenvalue weighted by molar-refractivity contribution is 5.28. The van der Waals surface area contributed by atoms with Crippen molar-refractivity contribution in [3.63, 3.8) is 0 Å². The zero-order valence-corrected chi connectivity index (χ0v) is 8.80. The lowest BCUT2D eigenvalue weighted by molar-refractivity contribution is 0.515. The van der Waals surface area contributed by atoms with E-state index in [1.165, 1.54) is 11.1 Å². The van der Waals surface area contributed by atoms with Crippen LogP contribution in [-0.4, -0.2) is 5.54 Å². The van der Waals surface area contributed by atoms with Crippen LogP contribution in [0.2, 0.25) is 0 Å². The van der Waals surface area contributed by atoms with Crippen molar-refractivity contribution in [1.82, 2.24) is 0 Å². The number of hydrogen-bond donors (Lipinski definition) is 1. The van der Waals surface area contributed by atoms with Crippen molar-refractivity contribution < 1.29 is 0 Å². The lowest BCUT2D eigenvalue weighted by atomic mass is 9.92. The first-order valence-corrected chi connectivity index (χ1v) is 4.88. The lowest BCUT2D eigenvalue weighted by Gasteiger charge is -2.20. The minimum atomic E-state index is -0.106. The molecule has 0 aromatic heterocycles. The van der Waals surface area contributed by atoms with E-state index < -0.39 is 0 Å². The molecule has 0 radical (unpaired) electrons. The van der Waals surface area contributed by atoms with Crippen molar-refractivity contribution >= 4 is 0 Å². The summed E-state index contributed by atoms with van der Waals surface area (Å²) < 4.78 is 0. The van der Waals surface area contributed by atoms with Gasteiger partial charge in [0.25, 0.3) is 0 Å². The molecule has 1 nitrogen and oxygen atoms in total. The fraction of sp³-hybridized carbons (Fsp3) is 0.500.